The van der Waals surface area contributed by atoms with Crippen LogP contribution in [-0.4, -0.2) is 41.2 Å². The Morgan fingerprint density at radius 3 is 2.71 bits per heavy atom. The van der Waals surface area contributed by atoms with Crippen molar-refractivity contribution in [2.24, 2.45) is 5.92 Å². The maximum Gasteiger partial charge on any atom is 0.411 e. The number of aliphatic hydroxyl groups is 1. The topological polar surface area (TPSA) is 66.8 Å². The average Bonchev–Trinajstić information content (AvgIpc) is 2.76. The van der Waals surface area contributed by atoms with Crippen LogP contribution in [0.25, 0.3) is 0 Å². The van der Waals surface area contributed by atoms with Gasteiger partial charge in [0, 0.05) is 0 Å². The molecule has 1 fully saturated rings. The molecule has 1 aromatic carbocycles. The van der Waals surface area contributed by atoms with Gasteiger partial charge in [-0.2, -0.15) is 13.2 Å². The van der Waals surface area contributed by atoms with Gasteiger partial charge in [0.05, 0.1) is 17.8 Å². The molecule has 1 aromatic rings. The van der Waals surface area contributed by atoms with Crippen molar-refractivity contribution < 1.29 is 32.9 Å². The van der Waals surface area contributed by atoms with E-state index in [4.69, 9.17) is 4.74 Å². The second-order valence-corrected chi connectivity index (χ2v) is 8.31. The third-order valence-electron chi connectivity index (χ3n) is 6.60. The van der Waals surface area contributed by atoms with E-state index in [0.717, 1.165) is 36.8 Å². The molecule has 7 heteroatoms. The Morgan fingerprint density at radius 2 is 2.07 bits per heavy atom. The average molecular weight is 400 g/mol. The SMILES string of the molecule is CC[C@]12CC[C@@](O)(COCC(F)(F)F)C[C@H]1CCCc1cc(C(=O)O)ccc12. The molecule has 0 radical (unpaired) electrons. The van der Waals surface area contributed by atoms with Crippen LogP contribution in [0.1, 0.15) is 66.9 Å². The number of aromatic carboxylic acids is 1. The van der Waals surface area contributed by atoms with Gasteiger partial charge in [-0.3, -0.25) is 0 Å². The number of rotatable bonds is 5. The molecule has 0 spiro atoms. The van der Waals surface area contributed by atoms with E-state index in [1.54, 1.807) is 12.1 Å². The molecule has 28 heavy (non-hydrogen) atoms. The zero-order valence-corrected chi connectivity index (χ0v) is 16.0. The molecule has 4 nitrogen and oxygen atoms in total. The number of aryl methyl sites for hydroxylation is 1. The van der Waals surface area contributed by atoms with Gasteiger partial charge in [0.15, 0.2) is 0 Å². The Hall–Kier alpha value is -1.60. The minimum Gasteiger partial charge on any atom is -0.478 e. The lowest BCUT2D eigenvalue weighted by molar-refractivity contribution is -0.192. The summed E-state index contributed by atoms with van der Waals surface area (Å²) in [6, 6.07) is 5.30. The monoisotopic (exact) mass is 400 g/mol. The fraction of sp³-hybridized carbons (Fsp3) is 0.667. The zero-order chi connectivity index (χ0) is 20.6. The summed E-state index contributed by atoms with van der Waals surface area (Å²) < 4.78 is 41.9. The van der Waals surface area contributed by atoms with Crippen LogP contribution in [0, 0.1) is 5.92 Å². The largest absolute Gasteiger partial charge is 0.478 e. The van der Waals surface area contributed by atoms with Crippen LogP contribution in [0.3, 0.4) is 0 Å². The molecular formula is C21H27F3O4. The molecule has 0 heterocycles. The van der Waals surface area contributed by atoms with Crippen LogP contribution in [-0.2, 0) is 16.6 Å². The number of carbonyl (C=O) groups is 1. The van der Waals surface area contributed by atoms with Crippen molar-refractivity contribution in [2.45, 2.75) is 69.1 Å². The highest BCUT2D eigenvalue weighted by atomic mass is 19.4. The Morgan fingerprint density at radius 1 is 1.32 bits per heavy atom. The van der Waals surface area contributed by atoms with Crippen LogP contribution in [0.5, 0.6) is 0 Å². The molecule has 0 unspecified atom stereocenters. The number of benzene rings is 1. The van der Waals surface area contributed by atoms with E-state index in [9.17, 15) is 28.2 Å². The zero-order valence-electron chi connectivity index (χ0n) is 16.0. The molecule has 3 rings (SSSR count). The first-order valence-corrected chi connectivity index (χ1v) is 9.82. The molecule has 2 aliphatic carbocycles. The second kappa shape index (κ2) is 7.67. The predicted molar refractivity (Wildman–Crippen MR) is 97.5 cm³/mol. The molecule has 0 bridgehead atoms. The first-order chi connectivity index (χ1) is 13.1. The number of alkyl halides is 3. The van der Waals surface area contributed by atoms with Crippen LogP contribution in [0.2, 0.25) is 0 Å². The highest BCUT2D eigenvalue weighted by molar-refractivity contribution is 5.88. The van der Waals surface area contributed by atoms with Crippen molar-refractivity contribution in [3.05, 3.63) is 34.9 Å². The minimum atomic E-state index is -4.40. The van der Waals surface area contributed by atoms with Crippen LogP contribution < -0.4 is 0 Å². The van der Waals surface area contributed by atoms with Crippen LogP contribution in [0.4, 0.5) is 13.2 Å². The lowest BCUT2D eigenvalue weighted by atomic mass is 9.57. The van der Waals surface area contributed by atoms with Gasteiger partial charge in [-0.1, -0.05) is 13.0 Å². The Labute approximate surface area is 162 Å². The van der Waals surface area contributed by atoms with Crippen molar-refractivity contribution in [3.8, 4) is 0 Å². The Bertz CT molecular complexity index is 733. The van der Waals surface area contributed by atoms with Gasteiger partial charge in [0.1, 0.15) is 6.61 Å². The van der Waals surface area contributed by atoms with Gasteiger partial charge < -0.3 is 14.9 Å². The third kappa shape index (κ3) is 4.20. The molecule has 2 aliphatic rings. The van der Waals surface area contributed by atoms with E-state index in [1.165, 1.54) is 0 Å². The first-order valence-electron chi connectivity index (χ1n) is 9.82. The van der Waals surface area contributed by atoms with Gasteiger partial charge in [-0.25, -0.2) is 4.79 Å². The lowest BCUT2D eigenvalue weighted by Gasteiger charge is -2.50. The van der Waals surface area contributed by atoms with E-state index >= 15 is 0 Å². The summed E-state index contributed by atoms with van der Waals surface area (Å²) in [4.78, 5) is 11.3. The molecule has 0 amide bonds. The summed E-state index contributed by atoms with van der Waals surface area (Å²) in [5.74, 6) is -0.823. The third-order valence-corrected chi connectivity index (χ3v) is 6.60. The molecule has 1 saturated carbocycles. The predicted octanol–water partition coefficient (Wildman–Crippen LogP) is 4.48. The summed E-state index contributed by atoms with van der Waals surface area (Å²) in [6.07, 6.45) is 0.359. The molecule has 3 atom stereocenters. The first kappa shape index (κ1) is 21.1. The minimum absolute atomic E-state index is 0.127. The van der Waals surface area contributed by atoms with Crippen LogP contribution >= 0.6 is 0 Å². The summed E-state index contributed by atoms with van der Waals surface area (Å²) in [5.41, 5.74) is 1.03. The maximum atomic E-state index is 12.4. The molecule has 0 aliphatic heterocycles. The molecule has 2 N–H and O–H groups in total. The lowest BCUT2D eigenvalue weighted by Crippen LogP contribution is -2.50. The smallest absolute Gasteiger partial charge is 0.411 e. The highest BCUT2D eigenvalue weighted by Gasteiger charge is 2.50. The fourth-order valence-electron chi connectivity index (χ4n) is 5.25. The number of carboxylic acid groups (broad SMARTS) is 1. The van der Waals surface area contributed by atoms with E-state index in [1.807, 2.05) is 6.07 Å². The molecule has 0 saturated heterocycles. The number of halogens is 3. The van der Waals surface area contributed by atoms with Crippen LogP contribution in [0.15, 0.2) is 18.2 Å². The number of hydrogen-bond acceptors (Lipinski definition) is 3. The van der Waals surface area contributed by atoms with Gasteiger partial charge in [0.25, 0.3) is 0 Å². The number of hydrogen-bond donors (Lipinski definition) is 2. The van der Waals surface area contributed by atoms with Gasteiger partial charge in [-0.05, 0) is 79.5 Å². The standard InChI is InChI=1S/C21H27F3O4/c1-2-20-9-8-19(27,12-28-13-21(22,23)24)11-16(20)5-3-4-14-10-15(18(25)26)6-7-17(14)20/h6-7,10,16,27H,2-5,8-9,11-13H2,1H3,(H,25,26)/t16-,19+,20+/m1/s1. The Balaban J connectivity index is 1.84. The van der Waals surface area contributed by atoms with E-state index in [0.29, 0.717) is 19.3 Å². The quantitative estimate of drug-likeness (QED) is 0.765. The maximum absolute atomic E-state index is 12.4. The molecular weight excluding hydrogens is 373 g/mol. The fourth-order valence-corrected chi connectivity index (χ4v) is 5.25. The number of fused-ring (bicyclic) bond motifs is 3. The van der Waals surface area contributed by atoms with E-state index < -0.39 is 24.4 Å². The van der Waals surface area contributed by atoms with Crippen molar-refractivity contribution in [1.82, 2.24) is 0 Å². The van der Waals surface area contributed by atoms with Crippen molar-refractivity contribution in [3.63, 3.8) is 0 Å². The van der Waals surface area contributed by atoms with Crippen molar-refractivity contribution >= 4 is 5.97 Å². The van der Waals surface area contributed by atoms with Gasteiger partial charge in [0.2, 0.25) is 0 Å². The van der Waals surface area contributed by atoms with E-state index in [-0.39, 0.29) is 23.5 Å². The summed E-state index contributed by atoms with van der Waals surface area (Å²) >= 11 is 0. The van der Waals surface area contributed by atoms with Crippen molar-refractivity contribution in [1.29, 1.82) is 0 Å². The summed E-state index contributed by atoms with van der Waals surface area (Å²) in [7, 11) is 0. The molecule has 0 aromatic heterocycles. The highest BCUT2D eigenvalue weighted by Crippen LogP contribution is 2.53. The summed E-state index contributed by atoms with van der Waals surface area (Å²) in [5, 5.41) is 20.2. The second-order valence-electron chi connectivity index (χ2n) is 8.31. The summed E-state index contributed by atoms with van der Waals surface area (Å²) in [6.45, 7) is 0.436. The Kier molecular flexibility index (Phi) is 5.79. The van der Waals surface area contributed by atoms with Crippen molar-refractivity contribution in [2.75, 3.05) is 13.2 Å². The van der Waals surface area contributed by atoms with Gasteiger partial charge in [-0.15, -0.1) is 0 Å². The normalized spacial score (nSPS) is 30.2. The van der Waals surface area contributed by atoms with Gasteiger partial charge >= 0.3 is 12.1 Å². The number of carboxylic acids is 1. The number of ether oxygens (including phenoxy) is 1. The van der Waals surface area contributed by atoms with E-state index in [2.05, 4.69) is 6.92 Å². The molecule has 156 valence electrons.